The quantitative estimate of drug-likeness (QED) is 0.299. The lowest BCUT2D eigenvalue weighted by atomic mass is 9.97. The molecule has 1 aromatic heterocycles. The van der Waals surface area contributed by atoms with E-state index in [0.29, 0.717) is 6.42 Å². The van der Waals surface area contributed by atoms with Crippen LogP contribution >= 0.6 is 0 Å². The van der Waals surface area contributed by atoms with Gasteiger partial charge in [-0.25, -0.2) is 9.45 Å². The minimum absolute atomic E-state index is 0.0457. The summed E-state index contributed by atoms with van der Waals surface area (Å²) in [5, 5.41) is 20.0. The lowest BCUT2D eigenvalue weighted by Gasteiger charge is -2.23. The summed E-state index contributed by atoms with van der Waals surface area (Å²) in [7, 11) is 0. The maximum absolute atomic E-state index is 15.3. The van der Waals surface area contributed by atoms with Crippen molar-refractivity contribution in [2.75, 3.05) is 11.9 Å². The molecule has 0 saturated heterocycles. The fourth-order valence-electron chi connectivity index (χ4n) is 2.30. The Balaban J connectivity index is 2.15. The Labute approximate surface area is 139 Å². The standard InChI is InChI=1S/C16H21FN4O3/c1-2-3-7-10-16(17,11-21(23)12-22)14-19-20-15(24-14)18-13-8-5-4-6-9-13/h4-6,8-9,12,23H,2-3,7,10-11H2,1H3,(H,18,20)/t16-/m0/s1. The first kappa shape index (κ1) is 17.9. The molecule has 0 unspecified atom stereocenters. The highest BCUT2D eigenvalue weighted by molar-refractivity contribution is 5.51. The Morgan fingerprint density at radius 1 is 1.33 bits per heavy atom. The molecule has 0 aliphatic heterocycles. The monoisotopic (exact) mass is 336 g/mol. The zero-order valence-electron chi connectivity index (χ0n) is 13.5. The molecule has 0 bridgehead atoms. The molecule has 0 fully saturated rings. The number of aromatic nitrogens is 2. The van der Waals surface area contributed by atoms with Gasteiger partial charge in [-0.05, 0) is 25.0 Å². The number of amides is 1. The number of para-hydroxylation sites is 1. The molecule has 24 heavy (non-hydrogen) atoms. The number of nitrogens with zero attached hydrogens (tertiary/aromatic N) is 3. The molecule has 7 nitrogen and oxygen atoms in total. The Kier molecular flexibility index (Phi) is 6.25. The summed E-state index contributed by atoms with van der Waals surface area (Å²) in [5.74, 6) is -0.266. The minimum atomic E-state index is -2.10. The van der Waals surface area contributed by atoms with Crippen molar-refractivity contribution < 1.29 is 18.8 Å². The van der Waals surface area contributed by atoms with E-state index in [-0.39, 0.29) is 29.8 Å². The highest BCUT2D eigenvalue weighted by Crippen LogP contribution is 2.33. The molecule has 0 aliphatic carbocycles. The summed E-state index contributed by atoms with van der Waals surface area (Å²) in [4.78, 5) is 10.6. The van der Waals surface area contributed by atoms with Gasteiger partial charge in [0.25, 0.3) is 5.89 Å². The molecule has 0 aliphatic rings. The van der Waals surface area contributed by atoms with E-state index >= 15 is 4.39 Å². The predicted octanol–water partition coefficient (Wildman–Crippen LogP) is 3.41. The minimum Gasteiger partial charge on any atom is -0.404 e. The molecule has 2 aromatic rings. The number of carbonyl (C=O) groups excluding carboxylic acids is 1. The first-order chi connectivity index (χ1) is 11.6. The van der Waals surface area contributed by atoms with E-state index in [4.69, 9.17) is 4.42 Å². The van der Waals surface area contributed by atoms with Crippen LogP contribution in [0.25, 0.3) is 0 Å². The number of hydroxylamine groups is 2. The number of alkyl halides is 1. The van der Waals surface area contributed by atoms with Crippen LogP contribution in [-0.2, 0) is 10.5 Å². The van der Waals surface area contributed by atoms with Gasteiger partial charge in [0.15, 0.2) is 0 Å². The second-order valence-electron chi connectivity index (χ2n) is 5.53. The molecule has 0 spiro atoms. The van der Waals surface area contributed by atoms with Crippen LogP contribution in [0, 0.1) is 0 Å². The van der Waals surface area contributed by atoms with E-state index in [1.807, 2.05) is 25.1 Å². The number of halogens is 1. The van der Waals surface area contributed by atoms with Gasteiger partial charge >= 0.3 is 6.01 Å². The molecular formula is C16H21FN4O3. The molecule has 8 heteroatoms. The summed E-state index contributed by atoms with van der Waals surface area (Å²) in [6.45, 7) is 1.44. The number of anilines is 2. The van der Waals surface area contributed by atoms with Crippen molar-refractivity contribution in [2.45, 2.75) is 38.3 Å². The number of nitrogens with one attached hydrogen (secondary N) is 1. The van der Waals surface area contributed by atoms with E-state index in [1.54, 1.807) is 12.1 Å². The molecule has 1 aromatic carbocycles. The van der Waals surface area contributed by atoms with Gasteiger partial charge in [-0.2, -0.15) is 0 Å². The largest absolute Gasteiger partial charge is 0.404 e. The van der Waals surface area contributed by atoms with Crippen molar-refractivity contribution in [1.29, 1.82) is 0 Å². The second-order valence-corrected chi connectivity index (χ2v) is 5.53. The first-order valence-electron chi connectivity index (χ1n) is 7.83. The third kappa shape index (κ3) is 4.76. The maximum Gasteiger partial charge on any atom is 0.320 e. The van der Waals surface area contributed by atoms with Crippen LogP contribution in [0.3, 0.4) is 0 Å². The Morgan fingerprint density at radius 2 is 2.08 bits per heavy atom. The van der Waals surface area contributed by atoms with Crippen LogP contribution < -0.4 is 5.32 Å². The van der Waals surface area contributed by atoms with Crippen LogP contribution in [0.15, 0.2) is 34.7 Å². The van der Waals surface area contributed by atoms with Gasteiger partial charge in [0.05, 0.1) is 6.54 Å². The van der Waals surface area contributed by atoms with Crippen LogP contribution in [0.1, 0.15) is 38.5 Å². The molecule has 130 valence electrons. The second kappa shape index (κ2) is 8.39. The van der Waals surface area contributed by atoms with E-state index in [1.165, 1.54) is 0 Å². The van der Waals surface area contributed by atoms with Gasteiger partial charge in [0.1, 0.15) is 0 Å². The summed E-state index contributed by atoms with van der Waals surface area (Å²) < 4.78 is 20.6. The SMILES string of the molecule is CCCCC[C@](F)(CN(O)C=O)c1nnc(Nc2ccccc2)o1. The van der Waals surface area contributed by atoms with Crippen LogP contribution in [0.2, 0.25) is 0 Å². The summed E-state index contributed by atoms with van der Waals surface area (Å²) >= 11 is 0. The number of rotatable bonds is 10. The van der Waals surface area contributed by atoms with Gasteiger partial charge in [-0.15, -0.1) is 5.10 Å². The van der Waals surface area contributed by atoms with Crippen LogP contribution in [0.4, 0.5) is 16.1 Å². The summed E-state index contributed by atoms with van der Waals surface area (Å²) in [6.07, 6.45) is 2.52. The van der Waals surface area contributed by atoms with E-state index in [0.717, 1.165) is 18.5 Å². The first-order valence-corrected chi connectivity index (χ1v) is 7.83. The summed E-state index contributed by atoms with van der Waals surface area (Å²) in [6, 6.07) is 9.17. The maximum atomic E-state index is 15.3. The molecule has 1 heterocycles. The molecule has 1 atom stereocenters. The Bertz CT molecular complexity index is 637. The Hall–Kier alpha value is -2.48. The van der Waals surface area contributed by atoms with Crippen molar-refractivity contribution in [1.82, 2.24) is 15.3 Å². The number of carbonyl (C=O) groups is 1. The fourth-order valence-corrected chi connectivity index (χ4v) is 2.30. The molecular weight excluding hydrogens is 315 g/mol. The number of unbranched alkanes of at least 4 members (excludes halogenated alkanes) is 2. The zero-order valence-corrected chi connectivity index (χ0v) is 13.5. The zero-order chi connectivity index (χ0) is 17.4. The highest BCUT2D eigenvalue weighted by atomic mass is 19.1. The third-order valence-corrected chi connectivity index (χ3v) is 3.54. The lowest BCUT2D eigenvalue weighted by Crippen LogP contribution is -2.36. The molecule has 2 N–H and O–H groups in total. The van der Waals surface area contributed by atoms with Gasteiger partial charge in [-0.1, -0.05) is 43.1 Å². The highest BCUT2D eigenvalue weighted by Gasteiger charge is 2.39. The van der Waals surface area contributed by atoms with Gasteiger partial charge < -0.3 is 9.73 Å². The van der Waals surface area contributed by atoms with Crippen molar-refractivity contribution in [3.63, 3.8) is 0 Å². The predicted molar refractivity (Wildman–Crippen MR) is 85.5 cm³/mol. The molecule has 0 saturated carbocycles. The fraction of sp³-hybridized carbons (Fsp3) is 0.438. The molecule has 0 radical (unpaired) electrons. The van der Waals surface area contributed by atoms with Crippen molar-refractivity contribution >= 4 is 18.1 Å². The van der Waals surface area contributed by atoms with Crippen LogP contribution in [0.5, 0.6) is 0 Å². The average Bonchev–Trinajstić information content (AvgIpc) is 3.05. The lowest BCUT2D eigenvalue weighted by molar-refractivity contribution is -0.160. The van der Waals surface area contributed by atoms with Gasteiger partial charge in [-0.3, -0.25) is 10.0 Å². The van der Waals surface area contributed by atoms with Gasteiger partial charge in [0, 0.05) is 5.69 Å². The molecule has 2 rings (SSSR count). The van der Waals surface area contributed by atoms with E-state index in [9.17, 15) is 10.0 Å². The van der Waals surface area contributed by atoms with Crippen molar-refractivity contribution in [2.24, 2.45) is 0 Å². The topological polar surface area (TPSA) is 91.5 Å². The van der Waals surface area contributed by atoms with E-state index < -0.39 is 12.2 Å². The number of benzene rings is 1. The van der Waals surface area contributed by atoms with E-state index in [2.05, 4.69) is 15.5 Å². The summed E-state index contributed by atoms with van der Waals surface area (Å²) in [5.41, 5.74) is -1.38. The number of hydrogen-bond donors (Lipinski definition) is 2. The normalized spacial score (nSPS) is 13.3. The third-order valence-electron chi connectivity index (χ3n) is 3.54. The van der Waals surface area contributed by atoms with Crippen molar-refractivity contribution in [3.8, 4) is 0 Å². The molecule has 1 amide bonds. The van der Waals surface area contributed by atoms with Crippen LogP contribution in [-0.4, -0.2) is 33.4 Å². The van der Waals surface area contributed by atoms with Crippen molar-refractivity contribution in [3.05, 3.63) is 36.2 Å². The number of hydrogen-bond acceptors (Lipinski definition) is 6. The van der Waals surface area contributed by atoms with Gasteiger partial charge in [0.2, 0.25) is 12.1 Å². The smallest absolute Gasteiger partial charge is 0.320 e. The Morgan fingerprint density at radius 3 is 2.75 bits per heavy atom. The average molecular weight is 336 g/mol.